The van der Waals surface area contributed by atoms with Crippen LogP contribution >= 0.6 is 0 Å². The molecule has 1 aliphatic heterocycles. The topological polar surface area (TPSA) is 102 Å². The van der Waals surface area contributed by atoms with Crippen LogP contribution in [0.3, 0.4) is 0 Å². The molecular formula is C17H25N5O3. The average molecular weight is 347 g/mol. The second kappa shape index (κ2) is 7.79. The highest BCUT2D eigenvalue weighted by atomic mass is 16.3. The number of piperazine rings is 1. The number of aliphatic hydroxyl groups is 1. The van der Waals surface area contributed by atoms with E-state index in [2.05, 4.69) is 15.3 Å². The van der Waals surface area contributed by atoms with Crippen molar-refractivity contribution >= 4 is 17.9 Å². The standard InChI is InChI=1S/C17H25N5O3/c1-21(16(24)6-5-12-9-18-11-20-12)13-3-2-4-14(17(13)25)22-8-7-19-15(23)10-22/h5-6,9,11,13-14,17,25H,2-4,7-8,10H2,1H3,(H,18,20)(H,19,23)/t13-,14-,17-/m1/s1. The van der Waals surface area contributed by atoms with E-state index >= 15 is 0 Å². The van der Waals surface area contributed by atoms with Gasteiger partial charge in [0.1, 0.15) is 0 Å². The molecule has 1 saturated heterocycles. The monoisotopic (exact) mass is 347 g/mol. The first-order valence-corrected chi connectivity index (χ1v) is 8.68. The number of aromatic amines is 1. The molecule has 136 valence electrons. The van der Waals surface area contributed by atoms with Crippen LogP contribution in [-0.2, 0) is 9.59 Å². The SMILES string of the molecule is CN(C(=O)C=Cc1cnc[nH]1)[C@@H]1CCC[C@@H](N2CCNC(=O)C2)[C@@H]1O. The first-order valence-electron chi connectivity index (χ1n) is 8.68. The predicted octanol–water partition coefficient (Wildman–Crippen LogP) is -0.405. The Morgan fingerprint density at radius 2 is 2.32 bits per heavy atom. The summed E-state index contributed by atoms with van der Waals surface area (Å²) in [7, 11) is 1.72. The molecule has 0 unspecified atom stereocenters. The summed E-state index contributed by atoms with van der Waals surface area (Å²) in [6, 6.07) is -0.334. The van der Waals surface area contributed by atoms with Gasteiger partial charge in [0.05, 0.1) is 36.9 Å². The molecule has 3 atom stereocenters. The molecule has 3 N–H and O–H groups in total. The second-order valence-electron chi connectivity index (χ2n) is 6.67. The summed E-state index contributed by atoms with van der Waals surface area (Å²) in [4.78, 5) is 34.5. The largest absolute Gasteiger partial charge is 0.389 e. The molecule has 0 bridgehead atoms. The van der Waals surface area contributed by atoms with Crippen molar-refractivity contribution in [3.63, 3.8) is 0 Å². The number of H-pyrrole nitrogens is 1. The number of aliphatic hydroxyl groups excluding tert-OH is 1. The van der Waals surface area contributed by atoms with Crippen LogP contribution < -0.4 is 5.32 Å². The molecule has 0 aromatic carbocycles. The van der Waals surface area contributed by atoms with Crippen LogP contribution in [0.2, 0.25) is 0 Å². The molecule has 0 spiro atoms. The molecule has 2 fully saturated rings. The minimum Gasteiger partial charge on any atom is -0.389 e. The zero-order valence-corrected chi connectivity index (χ0v) is 14.4. The minimum absolute atomic E-state index is 0.00695. The van der Waals surface area contributed by atoms with Crippen LogP contribution in [0.1, 0.15) is 25.0 Å². The Hall–Kier alpha value is -2.19. The number of imidazole rings is 1. The highest BCUT2D eigenvalue weighted by molar-refractivity contribution is 5.91. The van der Waals surface area contributed by atoms with Crippen molar-refractivity contribution in [2.45, 2.75) is 37.5 Å². The fourth-order valence-electron chi connectivity index (χ4n) is 3.70. The Bertz CT molecular complexity index is 630. The molecular weight excluding hydrogens is 322 g/mol. The van der Waals surface area contributed by atoms with Gasteiger partial charge in [0.25, 0.3) is 0 Å². The normalized spacial score (nSPS) is 28.1. The van der Waals surface area contributed by atoms with Gasteiger partial charge in [-0.2, -0.15) is 0 Å². The molecule has 2 amide bonds. The third-order valence-corrected chi connectivity index (χ3v) is 5.10. The number of rotatable bonds is 4. The van der Waals surface area contributed by atoms with Gasteiger partial charge in [-0.25, -0.2) is 4.98 Å². The summed E-state index contributed by atoms with van der Waals surface area (Å²) in [5.74, 6) is -0.164. The number of nitrogens with one attached hydrogen (secondary N) is 2. The van der Waals surface area contributed by atoms with Gasteiger partial charge < -0.3 is 20.3 Å². The van der Waals surface area contributed by atoms with E-state index in [-0.39, 0.29) is 23.9 Å². The molecule has 1 aromatic rings. The summed E-state index contributed by atoms with van der Waals surface area (Å²) >= 11 is 0. The van der Waals surface area contributed by atoms with Crippen molar-refractivity contribution in [1.29, 1.82) is 0 Å². The summed E-state index contributed by atoms with van der Waals surface area (Å²) in [5, 5.41) is 13.6. The first kappa shape index (κ1) is 17.6. The molecule has 8 nitrogen and oxygen atoms in total. The van der Waals surface area contributed by atoms with Crippen LogP contribution in [0.4, 0.5) is 0 Å². The number of hydrogen-bond acceptors (Lipinski definition) is 5. The van der Waals surface area contributed by atoms with Gasteiger partial charge in [0.15, 0.2) is 0 Å². The van der Waals surface area contributed by atoms with Crippen LogP contribution in [0.25, 0.3) is 6.08 Å². The number of aromatic nitrogens is 2. The van der Waals surface area contributed by atoms with E-state index in [1.165, 1.54) is 6.08 Å². The summed E-state index contributed by atoms with van der Waals surface area (Å²) in [6.45, 7) is 1.65. The lowest BCUT2D eigenvalue weighted by atomic mass is 9.86. The second-order valence-corrected chi connectivity index (χ2v) is 6.67. The Morgan fingerprint density at radius 3 is 3.04 bits per heavy atom. The maximum Gasteiger partial charge on any atom is 0.246 e. The Balaban J connectivity index is 1.64. The number of amides is 2. The summed E-state index contributed by atoms with van der Waals surface area (Å²) in [6.07, 6.45) is 8.22. The zero-order valence-electron chi connectivity index (χ0n) is 14.4. The number of likely N-dealkylation sites (N-methyl/N-ethyl adjacent to an activating group) is 1. The molecule has 1 aromatic heterocycles. The van der Waals surface area contributed by atoms with Crippen molar-refractivity contribution < 1.29 is 14.7 Å². The lowest BCUT2D eigenvalue weighted by Crippen LogP contribution is -2.60. The molecule has 0 radical (unpaired) electrons. The number of carbonyl (C=O) groups is 2. The number of carbonyl (C=O) groups excluding carboxylic acids is 2. The van der Waals surface area contributed by atoms with Gasteiger partial charge in [0.2, 0.25) is 11.8 Å². The molecule has 1 aliphatic carbocycles. The third-order valence-electron chi connectivity index (χ3n) is 5.10. The molecule has 25 heavy (non-hydrogen) atoms. The van der Waals surface area contributed by atoms with Crippen molar-refractivity contribution in [3.05, 3.63) is 24.3 Å². The van der Waals surface area contributed by atoms with Gasteiger partial charge in [-0.15, -0.1) is 0 Å². The molecule has 8 heteroatoms. The van der Waals surface area contributed by atoms with Crippen LogP contribution in [0.15, 0.2) is 18.6 Å². The Morgan fingerprint density at radius 1 is 1.48 bits per heavy atom. The number of hydrogen-bond donors (Lipinski definition) is 3. The van der Waals surface area contributed by atoms with Gasteiger partial charge in [-0.3, -0.25) is 14.5 Å². The smallest absolute Gasteiger partial charge is 0.246 e. The number of nitrogens with zero attached hydrogens (tertiary/aromatic N) is 3. The first-order chi connectivity index (χ1) is 12.1. The molecule has 3 rings (SSSR count). The quantitative estimate of drug-likeness (QED) is 0.643. The predicted molar refractivity (Wildman–Crippen MR) is 92.4 cm³/mol. The van der Waals surface area contributed by atoms with Gasteiger partial charge in [0, 0.05) is 32.3 Å². The fourth-order valence-corrected chi connectivity index (χ4v) is 3.70. The fraction of sp³-hybridized carbons (Fsp3) is 0.588. The highest BCUT2D eigenvalue weighted by Gasteiger charge is 2.39. The third kappa shape index (κ3) is 4.08. The summed E-state index contributed by atoms with van der Waals surface area (Å²) < 4.78 is 0. The van der Waals surface area contributed by atoms with Crippen LogP contribution in [0.5, 0.6) is 0 Å². The van der Waals surface area contributed by atoms with Gasteiger partial charge >= 0.3 is 0 Å². The lowest BCUT2D eigenvalue weighted by Gasteiger charge is -2.45. The van der Waals surface area contributed by atoms with Crippen molar-refractivity contribution in [2.24, 2.45) is 0 Å². The van der Waals surface area contributed by atoms with Crippen LogP contribution in [0, 0.1) is 0 Å². The van der Waals surface area contributed by atoms with E-state index in [0.29, 0.717) is 13.1 Å². The highest BCUT2D eigenvalue weighted by Crippen LogP contribution is 2.27. The zero-order chi connectivity index (χ0) is 17.8. The van der Waals surface area contributed by atoms with E-state index in [9.17, 15) is 14.7 Å². The van der Waals surface area contributed by atoms with Crippen molar-refractivity contribution in [3.8, 4) is 0 Å². The molecule has 2 heterocycles. The van der Waals surface area contributed by atoms with E-state index in [1.807, 2.05) is 4.90 Å². The summed E-state index contributed by atoms with van der Waals surface area (Å²) in [5.41, 5.74) is 0.753. The average Bonchev–Trinajstić information content (AvgIpc) is 3.13. The molecule has 1 saturated carbocycles. The van der Waals surface area contributed by atoms with Gasteiger partial charge in [-0.1, -0.05) is 0 Å². The van der Waals surface area contributed by atoms with Crippen LogP contribution in [-0.4, -0.2) is 81.6 Å². The van der Waals surface area contributed by atoms with Crippen molar-refractivity contribution in [2.75, 3.05) is 26.7 Å². The van der Waals surface area contributed by atoms with Gasteiger partial charge in [-0.05, 0) is 25.3 Å². The van der Waals surface area contributed by atoms with E-state index in [0.717, 1.165) is 31.5 Å². The maximum absolute atomic E-state index is 12.4. The van der Waals surface area contributed by atoms with E-state index < -0.39 is 6.10 Å². The Kier molecular flexibility index (Phi) is 5.50. The Labute approximate surface area is 146 Å². The molecule has 2 aliphatic rings. The van der Waals surface area contributed by atoms with Crippen molar-refractivity contribution in [1.82, 2.24) is 25.1 Å². The minimum atomic E-state index is -0.658. The maximum atomic E-state index is 12.4. The van der Waals surface area contributed by atoms with E-state index in [1.54, 1.807) is 30.5 Å². The lowest BCUT2D eigenvalue weighted by molar-refractivity contribution is -0.135. The van der Waals surface area contributed by atoms with E-state index in [4.69, 9.17) is 0 Å².